The van der Waals surface area contributed by atoms with Gasteiger partial charge < -0.3 is 10.4 Å². The summed E-state index contributed by atoms with van der Waals surface area (Å²) in [4.78, 5) is 12.6. The number of unbranched alkanes of at least 4 members (excludes halogenated alkanes) is 20. The topological polar surface area (TPSA) is 104 Å². The lowest BCUT2D eigenvalue weighted by molar-refractivity contribution is -0.122. The molecule has 0 saturated heterocycles. The Labute approximate surface area is 364 Å². The Balaban J connectivity index is 3.98. The summed E-state index contributed by atoms with van der Waals surface area (Å²) in [5, 5.41) is 13.3. The van der Waals surface area contributed by atoms with Gasteiger partial charge in [-0.3, -0.25) is 9.35 Å². The summed E-state index contributed by atoms with van der Waals surface area (Å²) in [5.41, 5.74) is 0. The van der Waals surface area contributed by atoms with Gasteiger partial charge in [-0.25, -0.2) is 0 Å². The molecule has 2 atom stereocenters. The molecule has 0 fully saturated rings. The minimum Gasteiger partial charge on any atom is -0.387 e. The Morgan fingerprint density at radius 3 is 1.27 bits per heavy atom. The molecular weight excluding hydrogens is 751 g/mol. The van der Waals surface area contributed by atoms with Crippen LogP contribution in [0.4, 0.5) is 0 Å². The molecule has 3 N–H and O–H groups in total. The number of nitrogens with one attached hydrogen (secondary N) is 1. The molecule has 0 bridgehead atoms. The molecule has 0 aliphatic heterocycles. The first-order valence-electron chi connectivity index (χ1n) is 23.9. The fourth-order valence-electron chi connectivity index (χ4n) is 6.70. The van der Waals surface area contributed by atoms with Crippen molar-refractivity contribution in [1.29, 1.82) is 0 Å². The van der Waals surface area contributed by atoms with Crippen LogP contribution in [0.2, 0.25) is 0 Å². The van der Waals surface area contributed by atoms with Crippen LogP contribution in [0.5, 0.6) is 0 Å². The van der Waals surface area contributed by atoms with Crippen LogP contribution >= 0.6 is 0 Å². The van der Waals surface area contributed by atoms with E-state index in [1.165, 1.54) is 102 Å². The van der Waals surface area contributed by atoms with Crippen LogP contribution in [0.3, 0.4) is 0 Å². The van der Waals surface area contributed by atoms with E-state index in [-0.39, 0.29) is 12.3 Å². The van der Waals surface area contributed by atoms with Gasteiger partial charge in [-0.15, -0.1) is 0 Å². The molecule has 0 saturated carbocycles. The molecule has 59 heavy (non-hydrogen) atoms. The van der Waals surface area contributed by atoms with E-state index in [1.54, 1.807) is 0 Å². The van der Waals surface area contributed by atoms with Gasteiger partial charge in [0.25, 0.3) is 10.1 Å². The molecule has 0 aromatic rings. The number of allylic oxidation sites excluding steroid dienone is 15. The molecule has 7 heteroatoms. The summed E-state index contributed by atoms with van der Waals surface area (Å²) in [6, 6.07) is -1.09. The summed E-state index contributed by atoms with van der Waals surface area (Å²) in [6.07, 6.45) is 66.9. The Morgan fingerprint density at radius 2 is 0.831 bits per heavy atom. The van der Waals surface area contributed by atoms with Crippen molar-refractivity contribution >= 4 is 16.0 Å². The molecule has 0 rings (SSSR count). The summed E-state index contributed by atoms with van der Waals surface area (Å²) in [7, 11) is -4.37. The minimum absolute atomic E-state index is 0.252. The van der Waals surface area contributed by atoms with Gasteiger partial charge in [-0.05, 0) is 83.5 Å². The van der Waals surface area contributed by atoms with E-state index in [9.17, 15) is 22.9 Å². The van der Waals surface area contributed by atoms with Gasteiger partial charge in [-0.1, -0.05) is 214 Å². The van der Waals surface area contributed by atoms with Crippen molar-refractivity contribution in [2.75, 3.05) is 5.75 Å². The van der Waals surface area contributed by atoms with Crippen molar-refractivity contribution in [2.45, 2.75) is 219 Å². The van der Waals surface area contributed by atoms with Crippen LogP contribution in [0, 0.1) is 0 Å². The number of hydrogen-bond acceptors (Lipinski definition) is 4. The third-order valence-electron chi connectivity index (χ3n) is 10.2. The van der Waals surface area contributed by atoms with Gasteiger partial charge in [0.1, 0.15) is 0 Å². The summed E-state index contributed by atoms with van der Waals surface area (Å²) < 4.78 is 32.6. The Bertz CT molecular complexity index is 1290. The maximum atomic E-state index is 12.6. The molecule has 0 heterocycles. The minimum atomic E-state index is -4.37. The molecule has 0 aliphatic carbocycles. The largest absolute Gasteiger partial charge is 0.387 e. The second-order valence-corrected chi connectivity index (χ2v) is 17.5. The predicted molar refractivity (Wildman–Crippen MR) is 257 cm³/mol. The Kier molecular flexibility index (Phi) is 42.7. The highest BCUT2D eigenvalue weighted by molar-refractivity contribution is 7.85. The fraction of sp³-hybridized carbons (Fsp3) is 0.673. The smallest absolute Gasteiger partial charge is 0.267 e. The monoisotopic (exact) mass is 840 g/mol. The van der Waals surface area contributed by atoms with E-state index < -0.39 is 28.0 Å². The normalized spacial score (nSPS) is 14.0. The summed E-state index contributed by atoms with van der Waals surface area (Å²) in [6.45, 7) is 4.42. The highest BCUT2D eigenvalue weighted by atomic mass is 32.2. The van der Waals surface area contributed by atoms with Crippen LogP contribution in [-0.2, 0) is 14.9 Å². The van der Waals surface area contributed by atoms with Crippen molar-refractivity contribution < 1.29 is 22.9 Å². The number of amides is 1. The highest BCUT2D eigenvalue weighted by Gasteiger charge is 2.24. The average Bonchev–Trinajstić information content (AvgIpc) is 3.20. The van der Waals surface area contributed by atoms with Gasteiger partial charge in [0, 0.05) is 6.42 Å². The Morgan fingerprint density at radius 1 is 0.475 bits per heavy atom. The molecule has 2 unspecified atom stereocenters. The number of carbonyl (C=O) groups excluding carboxylic acids is 1. The molecule has 0 radical (unpaired) electrons. The van der Waals surface area contributed by atoms with Crippen molar-refractivity contribution in [3.8, 4) is 0 Å². The number of aliphatic hydroxyl groups is 1. The van der Waals surface area contributed by atoms with Gasteiger partial charge in [0.15, 0.2) is 0 Å². The Hall–Kier alpha value is -2.74. The number of rotatable bonds is 42. The van der Waals surface area contributed by atoms with E-state index in [1.807, 2.05) is 6.08 Å². The van der Waals surface area contributed by atoms with Crippen molar-refractivity contribution in [2.24, 2.45) is 0 Å². The van der Waals surface area contributed by atoms with E-state index in [0.717, 1.165) is 77.0 Å². The van der Waals surface area contributed by atoms with Gasteiger partial charge in [0.05, 0.1) is 17.9 Å². The average molecular weight is 840 g/mol. The maximum absolute atomic E-state index is 12.6. The molecule has 0 aromatic carbocycles. The fourth-order valence-corrected chi connectivity index (χ4v) is 7.44. The molecule has 0 spiro atoms. The van der Waals surface area contributed by atoms with Crippen LogP contribution < -0.4 is 5.32 Å². The predicted octanol–water partition coefficient (Wildman–Crippen LogP) is 14.9. The van der Waals surface area contributed by atoms with Crippen molar-refractivity contribution in [3.63, 3.8) is 0 Å². The third-order valence-corrected chi connectivity index (χ3v) is 11.0. The number of carbonyl (C=O) groups is 1. The third kappa shape index (κ3) is 46.2. The SMILES string of the molecule is CC/C=C\C/C=C\C/C=C\C/C=C\C/C=C\C/C=C\CCCCCCC(=O)NC(CS(=O)(=O)O)C(O)/C=C/CC/C=C/CCCCCCCCCCCCCCCCC. The first-order chi connectivity index (χ1) is 28.8. The lowest BCUT2D eigenvalue weighted by atomic mass is 10.0. The lowest BCUT2D eigenvalue weighted by Crippen LogP contribution is -2.46. The zero-order chi connectivity index (χ0) is 43.2. The zero-order valence-electron chi connectivity index (χ0n) is 37.8. The number of aliphatic hydroxyl groups excluding tert-OH is 1. The molecule has 338 valence electrons. The van der Waals surface area contributed by atoms with Gasteiger partial charge in [-0.2, -0.15) is 8.42 Å². The summed E-state index contributed by atoms with van der Waals surface area (Å²) >= 11 is 0. The second kappa shape index (κ2) is 44.8. The lowest BCUT2D eigenvalue weighted by Gasteiger charge is -2.21. The summed E-state index contributed by atoms with van der Waals surface area (Å²) in [5.74, 6) is -1.04. The highest BCUT2D eigenvalue weighted by Crippen LogP contribution is 2.14. The van der Waals surface area contributed by atoms with Crippen LogP contribution in [0.1, 0.15) is 206 Å². The maximum Gasteiger partial charge on any atom is 0.267 e. The first kappa shape index (κ1) is 56.3. The molecular formula is C52H89NO5S. The van der Waals surface area contributed by atoms with Crippen molar-refractivity contribution in [3.05, 3.63) is 97.2 Å². The molecule has 6 nitrogen and oxygen atoms in total. The second-order valence-electron chi connectivity index (χ2n) is 16.0. The van der Waals surface area contributed by atoms with Crippen LogP contribution in [0.25, 0.3) is 0 Å². The van der Waals surface area contributed by atoms with E-state index in [0.29, 0.717) is 12.8 Å². The van der Waals surface area contributed by atoms with Crippen LogP contribution in [0.15, 0.2) is 97.2 Å². The zero-order valence-corrected chi connectivity index (χ0v) is 38.7. The quantitative estimate of drug-likeness (QED) is 0.0323. The molecule has 0 aromatic heterocycles. The standard InChI is InChI=1S/C52H89NO5S/c1-3-5-7-9-11-13-15-17-19-21-23-25-26-28-30-32-34-36-38-40-42-44-46-48-52(55)53-50(49-59(56,57)58)51(54)47-45-43-41-39-37-35-33-31-29-27-24-22-20-18-16-14-12-10-8-6-4-2/h5,7,11,13,17,19,23,25,28,30,34,36-37,39,45,47,50-51,54H,3-4,6,8-10,12,14-16,18,20-22,24,26-27,29,31-33,35,38,40-44,46,48-49H2,1-2H3,(H,53,55)(H,56,57,58)/b7-5-,13-11-,19-17-,25-23-,30-28-,36-34-,39-37+,47-45+. The number of hydrogen-bond donors (Lipinski definition) is 3. The van der Waals surface area contributed by atoms with Gasteiger partial charge >= 0.3 is 0 Å². The van der Waals surface area contributed by atoms with E-state index in [4.69, 9.17) is 0 Å². The van der Waals surface area contributed by atoms with E-state index in [2.05, 4.69) is 104 Å². The van der Waals surface area contributed by atoms with E-state index >= 15 is 0 Å². The van der Waals surface area contributed by atoms with Crippen LogP contribution in [-0.4, -0.2) is 41.9 Å². The van der Waals surface area contributed by atoms with Crippen molar-refractivity contribution in [1.82, 2.24) is 5.32 Å². The molecule has 0 aliphatic rings. The molecule has 1 amide bonds. The first-order valence-corrected chi connectivity index (χ1v) is 25.5. The van der Waals surface area contributed by atoms with Gasteiger partial charge in [0.2, 0.25) is 5.91 Å².